The molecule has 1 aromatic carbocycles. The molecule has 1 aromatic rings. The van der Waals surface area contributed by atoms with Gasteiger partial charge in [-0.05, 0) is 36.0 Å². The van der Waals surface area contributed by atoms with E-state index in [1.807, 2.05) is 0 Å². The number of benzene rings is 1. The normalized spacial score (nSPS) is 21.1. The van der Waals surface area contributed by atoms with Crippen molar-refractivity contribution in [2.45, 2.75) is 24.8 Å². The van der Waals surface area contributed by atoms with Crippen LogP contribution in [0.5, 0.6) is 0 Å². The lowest BCUT2D eigenvalue weighted by Crippen LogP contribution is -2.26. The summed E-state index contributed by atoms with van der Waals surface area (Å²) in [6.45, 7) is 2.86. The second-order valence-corrected chi connectivity index (χ2v) is 7.91. The molecule has 1 aliphatic rings. The molecule has 2 atom stereocenters. The van der Waals surface area contributed by atoms with Gasteiger partial charge in [-0.2, -0.15) is 0 Å². The highest BCUT2D eigenvalue weighted by Gasteiger charge is 2.32. The zero-order valence-corrected chi connectivity index (χ0v) is 13.5. The number of halogens is 1. The van der Waals surface area contributed by atoms with Crippen LogP contribution in [-0.4, -0.2) is 28.0 Å². The van der Waals surface area contributed by atoms with Crippen molar-refractivity contribution >= 4 is 25.6 Å². The molecule has 1 saturated carbocycles. The largest absolute Gasteiger partial charge is 0.380 e. The number of methoxy groups -OCH3 is 1. The van der Waals surface area contributed by atoms with Gasteiger partial charge < -0.3 is 10.1 Å². The SMILES string of the molecule is COCc1ccc(C(=O)NCC2CC2C)cc1S(=O)(=O)Cl. The van der Waals surface area contributed by atoms with Gasteiger partial charge in [0.15, 0.2) is 0 Å². The van der Waals surface area contributed by atoms with Gasteiger partial charge in [0.05, 0.1) is 11.5 Å². The first-order chi connectivity index (χ1) is 9.82. The van der Waals surface area contributed by atoms with E-state index in [0.717, 1.165) is 6.42 Å². The summed E-state index contributed by atoms with van der Waals surface area (Å²) in [6, 6.07) is 4.42. The number of rotatable bonds is 6. The molecule has 21 heavy (non-hydrogen) atoms. The van der Waals surface area contributed by atoms with E-state index in [1.54, 1.807) is 12.1 Å². The molecule has 2 unspecified atom stereocenters. The summed E-state index contributed by atoms with van der Waals surface area (Å²) in [7, 11) is 2.95. The Balaban J connectivity index is 2.18. The molecular weight excluding hydrogens is 314 g/mol. The minimum absolute atomic E-state index is 0.0848. The number of ether oxygens (including phenoxy) is 1. The number of carbonyl (C=O) groups excluding carboxylic acids is 1. The molecule has 1 amide bonds. The Morgan fingerprint density at radius 1 is 1.48 bits per heavy atom. The van der Waals surface area contributed by atoms with E-state index < -0.39 is 9.05 Å². The van der Waals surface area contributed by atoms with Crippen LogP contribution in [0.3, 0.4) is 0 Å². The van der Waals surface area contributed by atoms with E-state index in [-0.39, 0.29) is 23.0 Å². The molecule has 1 N–H and O–H groups in total. The fourth-order valence-corrected chi connectivity index (χ4v) is 3.35. The summed E-state index contributed by atoms with van der Waals surface area (Å²) in [5.41, 5.74) is 0.710. The van der Waals surface area contributed by atoms with Crippen LogP contribution in [0.1, 0.15) is 29.3 Å². The maximum atomic E-state index is 12.1. The van der Waals surface area contributed by atoms with Crippen molar-refractivity contribution in [1.82, 2.24) is 5.32 Å². The molecule has 0 radical (unpaired) electrons. The maximum Gasteiger partial charge on any atom is 0.261 e. The highest BCUT2D eigenvalue weighted by Crippen LogP contribution is 2.36. The molecule has 0 spiro atoms. The van der Waals surface area contributed by atoms with Crippen molar-refractivity contribution in [3.05, 3.63) is 29.3 Å². The van der Waals surface area contributed by atoms with Crippen LogP contribution in [0.15, 0.2) is 23.1 Å². The average molecular weight is 332 g/mol. The van der Waals surface area contributed by atoms with Gasteiger partial charge in [0.1, 0.15) is 0 Å². The molecule has 1 aliphatic carbocycles. The highest BCUT2D eigenvalue weighted by molar-refractivity contribution is 8.13. The van der Waals surface area contributed by atoms with Gasteiger partial charge >= 0.3 is 0 Å². The number of carbonyl (C=O) groups is 1. The first-order valence-corrected chi connectivity index (χ1v) is 8.98. The van der Waals surface area contributed by atoms with E-state index in [0.29, 0.717) is 23.9 Å². The predicted octanol–water partition coefficient (Wildman–Crippen LogP) is 2.15. The summed E-state index contributed by atoms with van der Waals surface area (Å²) < 4.78 is 28.1. The van der Waals surface area contributed by atoms with E-state index in [4.69, 9.17) is 15.4 Å². The number of nitrogens with one attached hydrogen (secondary N) is 1. The Hall–Kier alpha value is -1.11. The Labute approximate surface area is 129 Å². The number of amides is 1. The lowest BCUT2D eigenvalue weighted by molar-refractivity contribution is 0.0951. The number of hydrogen-bond acceptors (Lipinski definition) is 4. The van der Waals surface area contributed by atoms with Crippen LogP contribution in [0.4, 0.5) is 0 Å². The molecule has 0 aromatic heterocycles. The Morgan fingerprint density at radius 3 is 2.67 bits per heavy atom. The van der Waals surface area contributed by atoms with Crippen LogP contribution in [0.25, 0.3) is 0 Å². The van der Waals surface area contributed by atoms with Gasteiger partial charge in [-0.1, -0.05) is 13.0 Å². The van der Waals surface area contributed by atoms with E-state index in [2.05, 4.69) is 12.2 Å². The van der Waals surface area contributed by atoms with Gasteiger partial charge in [0.2, 0.25) is 0 Å². The lowest BCUT2D eigenvalue weighted by atomic mass is 10.1. The second kappa shape index (κ2) is 6.34. The van der Waals surface area contributed by atoms with Crippen molar-refractivity contribution < 1.29 is 17.9 Å². The summed E-state index contributed by atoms with van der Waals surface area (Å²) in [4.78, 5) is 12.0. The summed E-state index contributed by atoms with van der Waals surface area (Å²) in [5, 5.41) is 2.81. The highest BCUT2D eigenvalue weighted by atomic mass is 35.7. The third-order valence-corrected chi connectivity index (χ3v) is 5.10. The Kier molecular flexibility index (Phi) is 4.91. The third-order valence-electron chi connectivity index (χ3n) is 3.69. The molecule has 0 bridgehead atoms. The monoisotopic (exact) mass is 331 g/mol. The minimum Gasteiger partial charge on any atom is -0.380 e. The van der Waals surface area contributed by atoms with Gasteiger partial charge in [-0.3, -0.25) is 4.79 Å². The van der Waals surface area contributed by atoms with Crippen LogP contribution in [0.2, 0.25) is 0 Å². The van der Waals surface area contributed by atoms with Gasteiger partial charge in [-0.25, -0.2) is 8.42 Å². The molecule has 0 aliphatic heterocycles. The fourth-order valence-electron chi connectivity index (χ4n) is 2.21. The standard InChI is InChI=1S/C14H18ClNO4S/c1-9-5-12(9)7-16-14(17)10-3-4-11(8-20-2)13(6-10)21(15,18)19/h3-4,6,9,12H,5,7-8H2,1-2H3,(H,16,17). The van der Waals surface area contributed by atoms with Crippen molar-refractivity contribution in [3.8, 4) is 0 Å². The summed E-state index contributed by atoms with van der Waals surface area (Å²) in [5.74, 6) is 0.880. The summed E-state index contributed by atoms with van der Waals surface area (Å²) >= 11 is 0. The van der Waals surface area contributed by atoms with Crippen molar-refractivity contribution in [2.75, 3.05) is 13.7 Å². The maximum absolute atomic E-state index is 12.1. The molecule has 1 fully saturated rings. The predicted molar refractivity (Wildman–Crippen MR) is 79.8 cm³/mol. The summed E-state index contributed by atoms with van der Waals surface area (Å²) in [6.07, 6.45) is 1.12. The van der Waals surface area contributed by atoms with E-state index in [1.165, 1.54) is 13.2 Å². The van der Waals surface area contributed by atoms with E-state index >= 15 is 0 Å². The average Bonchev–Trinajstić information content (AvgIpc) is 3.11. The van der Waals surface area contributed by atoms with Gasteiger partial charge in [-0.15, -0.1) is 0 Å². The van der Waals surface area contributed by atoms with Gasteiger partial charge in [0.25, 0.3) is 15.0 Å². The number of hydrogen-bond donors (Lipinski definition) is 1. The first-order valence-electron chi connectivity index (χ1n) is 6.67. The van der Waals surface area contributed by atoms with Crippen molar-refractivity contribution in [3.63, 3.8) is 0 Å². The molecule has 5 nitrogen and oxygen atoms in total. The zero-order valence-electron chi connectivity index (χ0n) is 11.9. The second-order valence-electron chi connectivity index (χ2n) is 5.38. The quantitative estimate of drug-likeness (QED) is 0.811. The van der Waals surface area contributed by atoms with Gasteiger partial charge in [0, 0.05) is 29.9 Å². The fraction of sp³-hybridized carbons (Fsp3) is 0.500. The minimum atomic E-state index is -3.93. The topological polar surface area (TPSA) is 72.5 Å². The molecular formula is C14H18ClNO4S. The Morgan fingerprint density at radius 2 is 2.14 bits per heavy atom. The van der Waals surface area contributed by atoms with Crippen LogP contribution in [-0.2, 0) is 20.4 Å². The van der Waals surface area contributed by atoms with Crippen molar-refractivity contribution in [1.29, 1.82) is 0 Å². The third kappa shape index (κ3) is 4.18. The lowest BCUT2D eigenvalue weighted by Gasteiger charge is -2.09. The van der Waals surface area contributed by atoms with Crippen molar-refractivity contribution in [2.24, 2.45) is 11.8 Å². The van der Waals surface area contributed by atoms with Crippen LogP contribution < -0.4 is 5.32 Å². The van der Waals surface area contributed by atoms with Crippen LogP contribution in [0, 0.1) is 11.8 Å². The Bertz CT molecular complexity index is 644. The van der Waals surface area contributed by atoms with Crippen LogP contribution >= 0.6 is 10.7 Å². The molecule has 0 saturated heterocycles. The molecule has 7 heteroatoms. The molecule has 116 valence electrons. The first kappa shape index (κ1) is 16.3. The smallest absolute Gasteiger partial charge is 0.261 e. The van der Waals surface area contributed by atoms with E-state index in [9.17, 15) is 13.2 Å². The zero-order chi connectivity index (χ0) is 15.6. The molecule has 0 heterocycles. The molecule has 2 rings (SSSR count).